The lowest BCUT2D eigenvalue weighted by Crippen LogP contribution is -1.96. The zero-order chi connectivity index (χ0) is 15.1. The molecule has 1 N–H and O–H groups in total. The van der Waals surface area contributed by atoms with Crippen molar-refractivity contribution >= 4 is 11.6 Å². The third kappa shape index (κ3) is 4.73. The summed E-state index contributed by atoms with van der Waals surface area (Å²) < 4.78 is 5.74. The SMILES string of the molecule is Cc1cc(OCc2ccc(O)cc2)ccc1C#CCCCl. The van der Waals surface area contributed by atoms with Crippen LogP contribution in [0.1, 0.15) is 23.1 Å². The van der Waals surface area contributed by atoms with E-state index in [1.165, 1.54) is 0 Å². The van der Waals surface area contributed by atoms with E-state index in [-0.39, 0.29) is 5.75 Å². The number of phenols is 1. The molecule has 0 saturated heterocycles. The summed E-state index contributed by atoms with van der Waals surface area (Å²) in [6.07, 6.45) is 0.695. The molecule has 0 aliphatic carbocycles. The number of rotatable bonds is 4. The van der Waals surface area contributed by atoms with Crippen molar-refractivity contribution in [3.63, 3.8) is 0 Å². The van der Waals surface area contributed by atoms with Crippen molar-refractivity contribution in [1.29, 1.82) is 0 Å². The number of halogens is 1. The maximum atomic E-state index is 9.24. The molecule has 2 aromatic carbocycles. The van der Waals surface area contributed by atoms with Crippen LogP contribution in [0.25, 0.3) is 0 Å². The van der Waals surface area contributed by atoms with Gasteiger partial charge in [0.2, 0.25) is 0 Å². The zero-order valence-corrected chi connectivity index (χ0v) is 12.7. The second-order valence-corrected chi connectivity index (χ2v) is 5.05. The lowest BCUT2D eigenvalue weighted by atomic mass is 10.1. The van der Waals surface area contributed by atoms with Gasteiger partial charge in [0, 0.05) is 17.9 Å². The van der Waals surface area contributed by atoms with E-state index in [4.69, 9.17) is 16.3 Å². The standard InChI is InChI=1S/C18H17ClO2/c1-14-12-18(10-7-16(14)4-2-3-11-19)21-13-15-5-8-17(20)9-6-15/h5-10,12,20H,3,11,13H2,1H3. The molecular formula is C18H17ClO2. The second kappa shape index (κ2) is 7.61. The lowest BCUT2D eigenvalue weighted by Gasteiger charge is -2.08. The van der Waals surface area contributed by atoms with Gasteiger partial charge in [-0.2, -0.15) is 0 Å². The van der Waals surface area contributed by atoms with E-state index in [0.29, 0.717) is 18.9 Å². The Bertz CT molecular complexity index is 651. The summed E-state index contributed by atoms with van der Waals surface area (Å²) in [5.41, 5.74) is 3.09. The largest absolute Gasteiger partial charge is 0.508 e. The summed E-state index contributed by atoms with van der Waals surface area (Å²) in [4.78, 5) is 0. The fraction of sp³-hybridized carbons (Fsp3) is 0.222. The molecule has 2 nitrogen and oxygen atoms in total. The van der Waals surface area contributed by atoms with E-state index in [2.05, 4.69) is 11.8 Å². The minimum atomic E-state index is 0.259. The van der Waals surface area contributed by atoms with Crippen molar-refractivity contribution in [2.45, 2.75) is 20.0 Å². The van der Waals surface area contributed by atoms with Crippen LogP contribution in [0.3, 0.4) is 0 Å². The smallest absolute Gasteiger partial charge is 0.120 e. The van der Waals surface area contributed by atoms with Crippen molar-refractivity contribution < 1.29 is 9.84 Å². The van der Waals surface area contributed by atoms with Gasteiger partial charge in [0.25, 0.3) is 0 Å². The number of ether oxygens (including phenoxy) is 1. The topological polar surface area (TPSA) is 29.5 Å². The highest BCUT2D eigenvalue weighted by molar-refractivity contribution is 6.18. The molecule has 0 fully saturated rings. The molecule has 0 aliphatic heterocycles. The molecule has 0 radical (unpaired) electrons. The Kier molecular flexibility index (Phi) is 5.54. The molecule has 0 heterocycles. The van der Waals surface area contributed by atoms with Gasteiger partial charge in [-0.25, -0.2) is 0 Å². The van der Waals surface area contributed by atoms with Crippen LogP contribution in [0.5, 0.6) is 11.5 Å². The highest BCUT2D eigenvalue weighted by Gasteiger charge is 2.00. The Morgan fingerprint density at radius 2 is 1.90 bits per heavy atom. The molecule has 2 rings (SSSR count). The average Bonchev–Trinajstić information content (AvgIpc) is 2.49. The number of hydrogen-bond donors (Lipinski definition) is 1. The van der Waals surface area contributed by atoms with Crippen LogP contribution in [-0.4, -0.2) is 11.0 Å². The van der Waals surface area contributed by atoms with Crippen LogP contribution in [0.2, 0.25) is 0 Å². The quantitative estimate of drug-likeness (QED) is 0.675. The van der Waals surface area contributed by atoms with Crippen molar-refractivity contribution in [1.82, 2.24) is 0 Å². The third-order valence-corrected chi connectivity index (χ3v) is 3.17. The van der Waals surface area contributed by atoms with Gasteiger partial charge in [-0.1, -0.05) is 24.0 Å². The van der Waals surface area contributed by atoms with E-state index in [1.807, 2.05) is 37.3 Å². The summed E-state index contributed by atoms with van der Waals surface area (Å²) >= 11 is 5.60. The first-order chi connectivity index (χ1) is 10.2. The summed E-state index contributed by atoms with van der Waals surface area (Å²) in [7, 11) is 0. The predicted octanol–water partition coefficient (Wildman–Crippen LogP) is 4.26. The van der Waals surface area contributed by atoms with Gasteiger partial charge in [-0.05, 0) is 48.4 Å². The molecule has 0 amide bonds. The van der Waals surface area contributed by atoms with E-state index >= 15 is 0 Å². The molecular weight excluding hydrogens is 284 g/mol. The first-order valence-corrected chi connectivity index (χ1v) is 7.28. The number of aromatic hydroxyl groups is 1. The van der Waals surface area contributed by atoms with Crippen molar-refractivity contribution in [3.8, 4) is 23.3 Å². The van der Waals surface area contributed by atoms with Gasteiger partial charge in [-0.15, -0.1) is 11.6 Å². The van der Waals surface area contributed by atoms with Gasteiger partial charge in [0.05, 0.1) is 0 Å². The van der Waals surface area contributed by atoms with E-state index in [0.717, 1.165) is 22.4 Å². The molecule has 2 aromatic rings. The second-order valence-electron chi connectivity index (χ2n) is 4.67. The fourth-order valence-electron chi connectivity index (χ4n) is 1.83. The minimum Gasteiger partial charge on any atom is -0.508 e. The summed E-state index contributed by atoms with van der Waals surface area (Å²) in [6, 6.07) is 12.8. The molecule has 0 unspecified atom stereocenters. The van der Waals surface area contributed by atoms with E-state index in [9.17, 15) is 5.11 Å². The highest BCUT2D eigenvalue weighted by atomic mass is 35.5. The number of hydrogen-bond acceptors (Lipinski definition) is 2. The van der Waals surface area contributed by atoms with Crippen molar-refractivity contribution in [2.24, 2.45) is 0 Å². The Balaban J connectivity index is 2.00. The summed E-state index contributed by atoms with van der Waals surface area (Å²) in [6.45, 7) is 2.48. The first kappa shape index (κ1) is 15.3. The van der Waals surface area contributed by atoms with Crippen LogP contribution in [0.4, 0.5) is 0 Å². The zero-order valence-electron chi connectivity index (χ0n) is 11.9. The number of phenolic OH excluding ortho intramolecular Hbond substituents is 1. The normalized spacial score (nSPS) is 9.81. The highest BCUT2D eigenvalue weighted by Crippen LogP contribution is 2.18. The van der Waals surface area contributed by atoms with E-state index in [1.54, 1.807) is 12.1 Å². The molecule has 21 heavy (non-hydrogen) atoms. The number of aryl methyl sites for hydroxylation is 1. The Hall–Kier alpha value is -2.11. The Morgan fingerprint density at radius 1 is 1.14 bits per heavy atom. The van der Waals surface area contributed by atoms with Crippen molar-refractivity contribution in [3.05, 3.63) is 59.2 Å². The lowest BCUT2D eigenvalue weighted by molar-refractivity contribution is 0.306. The molecule has 0 atom stereocenters. The number of alkyl halides is 1. The summed E-state index contributed by atoms with van der Waals surface area (Å²) in [5, 5.41) is 9.24. The monoisotopic (exact) mass is 300 g/mol. The molecule has 0 aliphatic rings. The molecule has 108 valence electrons. The van der Waals surface area contributed by atoms with Crippen LogP contribution in [-0.2, 0) is 6.61 Å². The average molecular weight is 301 g/mol. The Morgan fingerprint density at radius 3 is 2.57 bits per heavy atom. The maximum Gasteiger partial charge on any atom is 0.120 e. The molecule has 0 spiro atoms. The van der Waals surface area contributed by atoms with Crippen LogP contribution >= 0.6 is 11.6 Å². The molecule has 0 bridgehead atoms. The van der Waals surface area contributed by atoms with Gasteiger partial charge >= 0.3 is 0 Å². The van der Waals surface area contributed by atoms with Gasteiger partial charge < -0.3 is 9.84 Å². The predicted molar refractivity (Wildman–Crippen MR) is 85.8 cm³/mol. The summed E-state index contributed by atoms with van der Waals surface area (Å²) in [5.74, 6) is 7.75. The van der Waals surface area contributed by atoms with Gasteiger partial charge in [-0.3, -0.25) is 0 Å². The molecule has 0 saturated carbocycles. The molecule has 3 heteroatoms. The van der Waals surface area contributed by atoms with Gasteiger partial charge in [0.1, 0.15) is 18.1 Å². The Labute approximate surface area is 130 Å². The van der Waals surface area contributed by atoms with E-state index < -0.39 is 0 Å². The van der Waals surface area contributed by atoms with Crippen LogP contribution < -0.4 is 4.74 Å². The minimum absolute atomic E-state index is 0.259. The van der Waals surface area contributed by atoms with Crippen LogP contribution in [0, 0.1) is 18.8 Å². The van der Waals surface area contributed by atoms with Gasteiger partial charge in [0.15, 0.2) is 0 Å². The maximum absolute atomic E-state index is 9.24. The first-order valence-electron chi connectivity index (χ1n) is 6.75. The molecule has 0 aromatic heterocycles. The number of benzene rings is 2. The fourth-order valence-corrected chi connectivity index (χ4v) is 1.92. The van der Waals surface area contributed by atoms with Crippen molar-refractivity contribution in [2.75, 3.05) is 5.88 Å². The third-order valence-electron chi connectivity index (χ3n) is 2.98. The van der Waals surface area contributed by atoms with Crippen LogP contribution in [0.15, 0.2) is 42.5 Å².